The third-order valence-electron chi connectivity index (χ3n) is 6.17. The van der Waals surface area contributed by atoms with E-state index in [1.165, 1.54) is 15.9 Å². The lowest BCUT2D eigenvalue weighted by Crippen LogP contribution is -2.39. The van der Waals surface area contributed by atoms with E-state index < -0.39 is 12.0 Å². The van der Waals surface area contributed by atoms with Crippen molar-refractivity contribution in [3.63, 3.8) is 0 Å². The Morgan fingerprint density at radius 2 is 1.95 bits per heavy atom. The number of ether oxygens (including phenoxy) is 2. The van der Waals surface area contributed by atoms with Gasteiger partial charge in [-0.3, -0.25) is 9.36 Å². The lowest BCUT2D eigenvalue weighted by atomic mass is 9.96. The summed E-state index contributed by atoms with van der Waals surface area (Å²) in [5.41, 5.74) is 1.83. The van der Waals surface area contributed by atoms with Crippen molar-refractivity contribution in [2.45, 2.75) is 19.9 Å². The van der Waals surface area contributed by atoms with Crippen LogP contribution in [0.3, 0.4) is 0 Å². The van der Waals surface area contributed by atoms with Crippen LogP contribution in [0.4, 0.5) is 0 Å². The van der Waals surface area contributed by atoms with Gasteiger partial charge >= 0.3 is 5.97 Å². The highest BCUT2D eigenvalue weighted by molar-refractivity contribution is 7.07. The largest absolute Gasteiger partial charge is 0.490 e. The third-order valence-corrected chi connectivity index (χ3v) is 7.72. The molecule has 1 atom stereocenters. The van der Waals surface area contributed by atoms with Gasteiger partial charge in [0.15, 0.2) is 4.80 Å². The van der Waals surface area contributed by atoms with Crippen LogP contribution in [0.2, 0.25) is 10.0 Å². The van der Waals surface area contributed by atoms with E-state index in [0.717, 1.165) is 0 Å². The van der Waals surface area contributed by atoms with Crippen molar-refractivity contribution in [2.75, 3.05) is 13.2 Å². The molecule has 4 aromatic rings. The number of fused-ring (bicyclic) bond motifs is 1. The summed E-state index contributed by atoms with van der Waals surface area (Å²) in [4.78, 5) is 32.0. The van der Waals surface area contributed by atoms with Gasteiger partial charge in [-0.05, 0) is 61.9 Å². The average Bonchev–Trinajstić information content (AvgIpc) is 3.52. The van der Waals surface area contributed by atoms with E-state index in [4.69, 9.17) is 37.1 Å². The summed E-state index contributed by atoms with van der Waals surface area (Å²) in [6.45, 7) is 7.69. The zero-order valence-electron chi connectivity index (χ0n) is 21.6. The van der Waals surface area contributed by atoms with Crippen LogP contribution in [0.15, 0.2) is 92.7 Å². The van der Waals surface area contributed by atoms with Crippen LogP contribution in [0.1, 0.15) is 31.2 Å². The Bertz CT molecular complexity index is 1820. The highest BCUT2D eigenvalue weighted by Gasteiger charge is 2.33. The molecule has 0 N–H and O–H groups in total. The zero-order chi connectivity index (χ0) is 28.4. The van der Waals surface area contributed by atoms with Crippen molar-refractivity contribution < 1.29 is 18.7 Å². The second kappa shape index (κ2) is 11.7. The molecule has 1 aliphatic heterocycles. The maximum atomic E-state index is 13.8. The first-order valence-corrected chi connectivity index (χ1v) is 14.0. The fraction of sp³-hybridized carbons (Fsp3) is 0.167. The molecule has 0 saturated heterocycles. The molecule has 0 spiro atoms. The molecule has 10 heteroatoms. The molecule has 2 aromatic heterocycles. The smallest absolute Gasteiger partial charge is 0.338 e. The summed E-state index contributed by atoms with van der Waals surface area (Å²) < 4.78 is 18.9. The molecule has 0 aliphatic carbocycles. The van der Waals surface area contributed by atoms with Crippen molar-refractivity contribution >= 4 is 46.6 Å². The zero-order valence-corrected chi connectivity index (χ0v) is 24.0. The van der Waals surface area contributed by atoms with Crippen LogP contribution < -0.4 is 19.6 Å². The average molecular weight is 596 g/mol. The molecule has 5 rings (SSSR count). The number of aromatic nitrogens is 1. The van der Waals surface area contributed by atoms with E-state index in [1.54, 1.807) is 68.5 Å². The van der Waals surface area contributed by atoms with Gasteiger partial charge < -0.3 is 13.9 Å². The molecule has 0 fully saturated rings. The number of benzene rings is 2. The van der Waals surface area contributed by atoms with E-state index in [-0.39, 0.29) is 12.2 Å². The SMILES string of the molecule is C=CCOc1ccc([C@H]2C(C(=O)OCC)=C(C)N=c3s/c(=C\c4ccc(-c5cc(Cl)ccc5Cl)o4)c(=O)n32)cc1. The van der Waals surface area contributed by atoms with Crippen LogP contribution in [0, 0.1) is 0 Å². The maximum absolute atomic E-state index is 13.8. The fourth-order valence-corrected chi connectivity index (χ4v) is 5.81. The second-order valence-corrected chi connectivity index (χ2v) is 10.6. The standard InChI is InChI=1S/C30H24Cl2N2O5S/c1-4-14-38-20-9-6-18(7-10-20)27-26(29(36)37-5-2)17(3)33-30-34(27)28(35)25(40-30)16-21-11-13-24(39-21)22-15-19(31)8-12-23(22)32/h4,6-13,15-16,27H,1,5,14H2,2-3H3/b25-16-/t27-/m0/s1. The molecule has 0 saturated carbocycles. The lowest BCUT2D eigenvalue weighted by Gasteiger charge is -2.24. The van der Waals surface area contributed by atoms with Gasteiger partial charge in [0.2, 0.25) is 0 Å². The number of carbonyl (C=O) groups excluding carboxylic acids is 1. The Labute approximate surface area is 243 Å². The minimum Gasteiger partial charge on any atom is -0.490 e. The molecule has 7 nitrogen and oxygen atoms in total. The van der Waals surface area contributed by atoms with Gasteiger partial charge in [0, 0.05) is 16.7 Å². The van der Waals surface area contributed by atoms with Crippen LogP contribution >= 0.6 is 34.5 Å². The van der Waals surface area contributed by atoms with Gasteiger partial charge in [-0.1, -0.05) is 59.3 Å². The molecule has 204 valence electrons. The summed E-state index contributed by atoms with van der Waals surface area (Å²) in [7, 11) is 0. The number of esters is 1. The van der Waals surface area contributed by atoms with Crippen LogP contribution in [0.25, 0.3) is 17.4 Å². The summed E-state index contributed by atoms with van der Waals surface area (Å²) in [5, 5.41) is 1.02. The van der Waals surface area contributed by atoms with E-state index in [1.807, 2.05) is 12.1 Å². The van der Waals surface area contributed by atoms with E-state index in [9.17, 15) is 9.59 Å². The van der Waals surface area contributed by atoms with Gasteiger partial charge in [-0.15, -0.1) is 0 Å². The Morgan fingerprint density at radius 3 is 2.67 bits per heavy atom. The molecule has 40 heavy (non-hydrogen) atoms. The van der Waals surface area contributed by atoms with Crippen molar-refractivity contribution in [3.05, 3.63) is 120 Å². The molecule has 1 aliphatic rings. The number of allylic oxidation sites excluding steroid dienone is 1. The van der Waals surface area contributed by atoms with E-state index in [0.29, 0.717) is 65.7 Å². The highest BCUT2D eigenvalue weighted by atomic mass is 35.5. The van der Waals surface area contributed by atoms with Gasteiger partial charge in [-0.25, -0.2) is 9.79 Å². The van der Waals surface area contributed by atoms with Crippen molar-refractivity contribution in [2.24, 2.45) is 4.99 Å². The van der Waals surface area contributed by atoms with Crippen LogP contribution in [0.5, 0.6) is 5.75 Å². The minimum absolute atomic E-state index is 0.193. The fourth-order valence-electron chi connectivity index (χ4n) is 4.40. The molecule has 0 unspecified atom stereocenters. The maximum Gasteiger partial charge on any atom is 0.338 e. The van der Waals surface area contributed by atoms with Gasteiger partial charge in [0.05, 0.1) is 33.5 Å². The molecule has 0 bridgehead atoms. The minimum atomic E-state index is -0.733. The first-order chi connectivity index (χ1) is 19.3. The number of hydrogen-bond donors (Lipinski definition) is 0. The second-order valence-electron chi connectivity index (χ2n) is 8.80. The Hall–Kier alpha value is -3.85. The van der Waals surface area contributed by atoms with E-state index in [2.05, 4.69) is 11.6 Å². The number of thiazole rings is 1. The normalized spacial score (nSPS) is 15.0. The molecule has 3 heterocycles. The number of hydrogen-bond acceptors (Lipinski definition) is 7. The van der Waals surface area contributed by atoms with Gasteiger partial charge in [-0.2, -0.15) is 0 Å². The highest BCUT2D eigenvalue weighted by Crippen LogP contribution is 2.33. The predicted molar refractivity (Wildman–Crippen MR) is 157 cm³/mol. The molecule has 0 radical (unpaired) electrons. The number of nitrogens with zero attached hydrogens (tertiary/aromatic N) is 2. The Kier molecular flexibility index (Phi) is 8.12. The Morgan fingerprint density at radius 1 is 1.18 bits per heavy atom. The van der Waals surface area contributed by atoms with Crippen LogP contribution in [-0.4, -0.2) is 23.8 Å². The molecular formula is C30H24Cl2N2O5S. The number of rotatable bonds is 8. The topological polar surface area (TPSA) is 83.0 Å². The monoisotopic (exact) mass is 594 g/mol. The summed E-state index contributed by atoms with van der Waals surface area (Å²) in [6, 6.07) is 15.1. The lowest BCUT2D eigenvalue weighted by molar-refractivity contribution is -0.139. The number of furan rings is 1. The predicted octanol–water partition coefficient (Wildman–Crippen LogP) is 5.93. The number of halogens is 2. The molecular weight excluding hydrogens is 571 g/mol. The van der Waals surface area contributed by atoms with Gasteiger partial charge in [0.25, 0.3) is 5.56 Å². The first kappa shape index (κ1) is 27.7. The number of carbonyl (C=O) groups is 1. The van der Waals surface area contributed by atoms with E-state index >= 15 is 0 Å². The first-order valence-electron chi connectivity index (χ1n) is 12.4. The van der Waals surface area contributed by atoms with Crippen LogP contribution in [-0.2, 0) is 9.53 Å². The summed E-state index contributed by atoms with van der Waals surface area (Å²) >= 11 is 13.7. The quantitative estimate of drug-likeness (QED) is 0.186. The summed E-state index contributed by atoms with van der Waals surface area (Å²) in [5.74, 6) is 1.09. The van der Waals surface area contributed by atoms with Crippen molar-refractivity contribution in [3.8, 4) is 17.1 Å². The third kappa shape index (κ3) is 5.43. The van der Waals surface area contributed by atoms with Crippen molar-refractivity contribution in [1.29, 1.82) is 0 Å². The Balaban J connectivity index is 1.61. The molecule has 2 aromatic carbocycles. The summed E-state index contributed by atoms with van der Waals surface area (Å²) in [6.07, 6.45) is 3.31. The van der Waals surface area contributed by atoms with Gasteiger partial charge in [0.1, 0.15) is 23.9 Å². The molecule has 0 amide bonds. The van der Waals surface area contributed by atoms with Crippen molar-refractivity contribution in [1.82, 2.24) is 4.57 Å².